The summed E-state index contributed by atoms with van der Waals surface area (Å²) >= 11 is 1.02. The second-order valence-corrected chi connectivity index (χ2v) is 8.11. The zero-order chi connectivity index (χ0) is 21.1. The van der Waals surface area contributed by atoms with Crippen LogP contribution in [0.1, 0.15) is 18.3 Å². The largest absolute Gasteiger partial charge is 0.492 e. The number of thioether (sulfide) groups is 1. The van der Waals surface area contributed by atoms with Crippen molar-refractivity contribution in [3.8, 4) is 5.75 Å². The Morgan fingerprint density at radius 3 is 2.57 bits per heavy atom. The predicted molar refractivity (Wildman–Crippen MR) is 116 cm³/mol. The van der Waals surface area contributed by atoms with Gasteiger partial charge in [0, 0.05) is 6.42 Å². The third kappa shape index (κ3) is 4.23. The molecular weight excluding hydrogens is 402 g/mol. The number of hydrogen-bond acceptors (Lipinski definition) is 6. The highest BCUT2D eigenvalue weighted by molar-refractivity contribution is 8.15. The Kier molecular flexibility index (Phi) is 5.85. The Morgan fingerprint density at radius 2 is 1.87 bits per heavy atom. The van der Waals surface area contributed by atoms with Crippen molar-refractivity contribution in [2.45, 2.75) is 31.6 Å². The fraction of sp³-hybridized carbons (Fsp3) is 0.273. The molecule has 1 atom stereocenters. The molecule has 1 aliphatic rings. The lowest BCUT2D eigenvalue weighted by Gasteiger charge is -2.13. The number of nitrogens with zero attached hydrogens (tertiary/aromatic N) is 2. The highest BCUT2D eigenvalue weighted by Crippen LogP contribution is 2.23. The molecule has 8 heteroatoms. The van der Waals surface area contributed by atoms with Gasteiger partial charge in [0.25, 0.3) is 10.8 Å². The first kappa shape index (κ1) is 20.2. The Hall–Kier alpha value is -3.13. The second-order valence-electron chi connectivity index (χ2n) is 6.94. The van der Waals surface area contributed by atoms with Crippen LogP contribution in [0, 0.1) is 0 Å². The molecular formula is C22H21N3O4S. The SMILES string of the molecule is CCc1nc2ccccc2c(=O)n1CCOc1ccc(C[C@H]2SC(=O)NC2=O)cc1. The van der Waals surface area contributed by atoms with E-state index in [1.165, 1.54) is 0 Å². The summed E-state index contributed by atoms with van der Waals surface area (Å²) in [6, 6.07) is 14.8. The first-order valence-electron chi connectivity index (χ1n) is 9.77. The first-order chi connectivity index (χ1) is 14.5. The van der Waals surface area contributed by atoms with E-state index in [2.05, 4.69) is 10.3 Å². The van der Waals surface area contributed by atoms with Gasteiger partial charge in [-0.1, -0.05) is 43.0 Å². The van der Waals surface area contributed by atoms with Gasteiger partial charge in [-0.3, -0.25) is 24.3 Å². The van der Waals surface area contributed by atoms with E-state index in [1.807, 2.05) is 49.4 Å². The molecule has 2 amide bonds. The van der Waals surface area contributed by atoms with Crippen LogP contribution in [0.4, 0.5) is 4.79 Å². The van der Waals surface area contributed by atoms with Crippen LogP contribution in [0.2, 0.25) is 0 Å². The number of amides is 2. The van der Waals surface area contributed by atoms with Crippen LogP contribution >= 0.6 is 11.8 Å². The quantitative estimate of drug-likeness (QED) is 0.628. The summed E-state index contributed by atoms with van der Waals surface area (Å²) in [4.78, 5) is 40.4. The normalized spacial score (nSPS) is 16.1. The van der Waals surface area contributed by atoms with Gasteiger partial charge < -0.3 is 4.74 Å². The molecule has 3 aromatic rings. The highest BCUT2D eigenvalue weighted by Gasteiger charge is 2.31. The highest BCUT2D eigenvalue weighted by atomic mass is 32.2. The van der Waals surface area contributed by atoms with Gasteiger partial charge in [0.15, 0.2) is 0 Å². The Labute approximate surface area is 177 Å². The van der Waals surface area contributed by atoms with Crippen molar-refractivity contribution in [1.29, 1.82) is 0 Å². The van der Waals surface area contributed by atoms with Crippen LogP contribution in [0.25, 0.3) is 10.9 Å². The fourth-order valence-electron chi connectivity index (χ4n) is 3.43. The minimum absolute atomic E-state index is 0.0571. The lowest BCUT2D eigenvalue weighted by molar-refractivity contribution is -0.118. The molecule has 0 saturated carbocycles. The average molecular weight is 423 g/mol. The summed E-state index contributed by atoms with van der Waals surface area (Å²) in [6.07, 6.45) is 1.14. The molecule has 7 nitrogen and oxygen atoms in total. The maximum atomic E-state index is 12.8. The zero-order valence-corrected chi connectivity index (χ0v) is 17.3. The van der Waals surface area contributed by atoms with Crippen LogP contribution in [0.5, 0.6) is 5.75 Å². The van der Waals surface area contributed by atoms with Crippen molar-refractivity contribution < 1.29 is 14.3 Å². The first-order valence-corrected chi connectivity index (χ1v) is 10.6. The molecule has 1 N–H and O–H groups in total. The molecule has 0 aliphatic carbocycles. The van der Waals surface area contributed by atoms with Crippen molar-refractivity contribution in [3.63, 3.8) is 0 Å². The van der Waals surface area contributed by atoms with E-state index < -0.39 is 0 Å². The van der Waals surface area contributed by atoms with E-state index in [4.69, 9.17) is 4.74 Å². The fourth-order valence-corrected chi connectivity index (χ4v) is 4.29. The summed E-state index contributed by atoms with van der Waals surface area (Å²) in [7, 11) is 0. The molecule has 2 aromatic carbocycles. The molecule has 0 unspecified atom stereocenters. The van der Waals surface area contributed by atoms with Gasteiger partial charge in [0.05, 0.1) is 22.7 Å². The number of ether oxygens (including phenoxy) is 1. The van der Waals surface area contributed by atoms with Gasteiger partial charge in [0.2, 0.25) is 5.91 Å². The molecule has 1 fully saturated rings. The number of carbonyl (C=O) groups is 2. The van der Waals surface area contributed by atoms with E-state index in [1.54, 1.807) is 10.6 Å². The molecule has 0 spiro atoms. The lowest BCUT2D eigenvalue weighted by Crippen LogP contribution is -2.27. The van der Waals surface area contributed by atoms with Crippen molar-refractivity contribution in [3.05, 3.63) is 70.3 Å². The van der Waals surface area contributed by atoms with Gasteiger partial charge in [-0.2, -0.15) is 0 Å². The van der Waals surface area contributed by atoms with Crippen LogP contribution in [0.3, 0.4) is 0 Å². The number of nitrogens with one attached hydrogen (secondary N) is 1. The van der Waals surface area contributed by atoms with Crippen LogP contribution in [-0.2, 0) is 24.2 Å². The van der Waals surface area contributed by atoms with E-state index in [-0.39, 0.29) is 22.0 Å². The van der Waals surface area contributed by atoms with E-state index in [0.717, 1.165) is 23.1 Å². The molecule has 154 valence electrons. The smallest absolute Gasteiger partial charge is 0.286 e. The van der Waals surface area contributed by atoms with Gasteiger partial charge in [-0.05, 0) is 36.2 Å². The number of hydrogen-bond donors (Lipinski definition) is 1. The maximum absolute atomic E-state index is 12.8. The number of aryl methyl sites for hydroxylation is 1. The molecule has 0 bridgehead atoms. The lowest BCUT2D eigenvalue weighted by atomic mass is 10.1. The number of benzene rings is 2. The maximum Gasteiger partial charge on any atom is 0.286 e. The van der Waals surface area contributed by atoms with Crippen molar-refractivity contribution in [2.24, 2.45) is 0 Å². The number of rotatable bonds is 7. The zero-order valence-electron chi connectivity index (χ0n) is 16.5. The monoisotopic (exact) mass is 423 g/mol. The van der Waals surface area contributed by atoms with Crippen molar-refractivity contribution in [2.75, 3.05) is 6.61 Å². The van der Waals surface area contributed by atoms with Crippen LogP contribution in [-0.4, -0.2) is 32.6 Å². The Balaban J connectivity index is 1.40. The summed E-state index contributed by atoms with van der Waals surface area (Å²) in [5, 5.41) is 2.22. The summed E-state index contributed by atoms with van der Waals surface area (Å²) in [6.45, 7) is 2.72. The summed E-state index contributed by atoms with van der Waals surface area (Å²) in [5.41, 5.74) is 1.61. The average Bonchev–Trinajstić information content (AvgIpc) is 3.07. The number of carbonyl (C=O) groups excluding carboxylic acids is 2. The molecule has 4 rings (SSSR count). The standard InChI is InChI=1S/C22H21N3O4S/c1-2-19-23-17-6-4-3-5-16(17)21(27)25(19)11-12-29-15-9-7-14(8-10-15)13-18-20(26)24-22(28)30-18/h3-10,18H,2,11-13H2,1H3,(H,24,26,28)/t18-/m1/s1. The third-order valence-corrected chi connectivity index (χ3v) is 5.93. The number of fused-ring (bicyclic) bond motifs is 1. The van der Waals surface area contributed by atoms with Gasteiger partial charge in [0.1, 0.15) is 18.2 Å². The molecule has 30 heavy (non-hydrogen) atoms. The molecule has 0 radical (unpaired) electrons. The van der Waals surface area contributed by atoms with E-state index in [0.29, 0.717) is 42.6 Å². The molecule has 1 aromatic heterocycles. The van der Waals surface area contributed by atoms with E-state index in [9.17, 15) is 14.4 Å². The Bertz CT molecular complexity index is 1160. The molecule has 1 saturated heterocycles. The van der Waals surface area contributed by atoms with Gasteiger partial charge >= 0.3 is 0 Å². The summed E-state index contributed by atoms with van der Waals surface area (Å²) < 4.78 is 7.48. The van der Waals surface area contributed by atoms with Crippen molar-refractivity contribution in [1.82, 2.24) is 14.9 Å². The minimum Gasteiger partial charge on any atom is -0.492 e. The van der Waals surface area contributed by atoms with Crippen LogP contribution in [0.15, 0.2) is 53.3 Å². The van der Waals surface area contributed by atoms with Gasteiger partial charge in [-0.25, -0.2) is 4.98 Å². The second kappa shape index (κ2) is 8.71. The number of imide groups is 1. The Morgan fingerprint density at radius 1 is 1.10 bits per heavy atom. The third-order valence-electron chi connectivity index (χ3n) is 4.95. The number of para-hydroxylation sites is 1. The summed E-state index contributed by atoms with van der Waals surface area (Å²) in [5.74, 6) is 1.17. The molecule has 1 aliphatic heterocycles. The number of aromatic nitrogens is 2. The van der Waals surface area contributed by atoms with E-state index >= 15 is 0 Å². The topological polar surface area (TPSA) is 90.3 Å². The minimum atomic E-state index is -0.385. The van der Waals surface area contributed by atoms with Crippen molar-refractivity contribution >= 4 is 33.8 Å². The van der Waals surface area contributed by atoms with Crippen LogP contribution < -0.4 is 15.6 Å². The molecule has 2 heterocycles. The van der Waals surface area contributed by atoms with Gasteiger partial charge in [-0.15, -0.1) is 0 Å². The predicted octanol–water partition coefficient (Wildman–Crippen LogP) is 2.93.